The van der Waals surface area contributed by atoms with Gasteiger partial charge in [0.1, 0.15) is 5.69 Å². The molecule has 0 spiro atoms. The van der Waals surface area contributed by atoms with Gasteiger partial charge >= 0.3 is 6.15 Å². The van der Waals surface area contributed by atoms with Crippen molar-refractivity contribution in [3.05, 3.63) is 30.2 Å². The zero-order valence-corrected chi connectivity index (χ0v) is 8.67. The average molecular weight is 218 g/mol. The summed E-state index contributed by atoms with van der Waals surface area (Å²) in [7, 11) is 0. The van der Waals surface area contributed by atoms with E-state index in [0.717, 1.165) is 17.8 Å². The predicted molar refractivity (Wildman–Crippen MR) is 54.0 cm³/mol. The van der Waals surface area contributed by atoms with Gasteiger partial charge in [0.15, 0.2) is 5.82 Å². The van der Waals surface area contributed by atoms with Crippen LogP contribution in [0.4, 0.5) is 0 Å². The lowest BCUT2D eigenvalue weighted by Crippen LogP contribution is -1.85. The minimum absolute atomic E-state index is 0.250. The van der Waals surface area contributed by atoms with Gasteiger partial charge in [0, 0.05) is 18.1 Å². The van der Waals surface area contributed by atoms with Gasteiger partial charge in [-0.15, -0.1) is 0 Å². The van der Waals surface area contributed by atoms with E-state index in [-0.39, 0.29) is 6.15 Å². The molecule has 6 nitrogen and oxygen atoms in total. The van der Waals surface area contributed by atoms with Crippen LogP contribution < -0.4 is 0 Å². The molecular weight excluding hydrogens is 208 g/mol. The van der Waals surface area contributed by atoms with Crippen molar-refractivity contribution in [2.75, 3.05) is 0 Å². The molecular formula is C10H10N4O2. The number of H-pyrrole nitrogens is 1. The average Bonchev–Trinajstić information content (AvgIpc) is 2.80. The SMILES string of the molecule is CCc1cc(-c2ncccn2)n[nH]1.O=C=O. The van der Waals surface area contributed by atoms with E-state index in [2.05, 4.69) is 27.1 Å². The summed E-state index contributed by atoms with van der Waals surface area (Å²) in [4.78, 5) is 24.5. The van der Waals surface area contributed by atoms with Crippen molar-refractivity contribution >= 4 is 6.15 Å². The number of nitrogens with one attached hydrogen (secondary N) is 1. The topological polar surface area (TPSA) is 88.6 Å². The zero-order chi connectivity index (χ0) is 11.8. The molecule has 0 atom stereocenters. The molecule has 0 saturated carbocycles. The summed E-state index contributed by atoms with van der Waals surface area (Å²) in [5, 5.41) is 7.03. The van der Waals surface area contributed by atoms with Gasteiger partial charge in [-0.05, 0) is 18.6 Å². The van der Waals surface area contributed by atoms with Crippen LogP contribution >= 0.6 is 0 Å². The lowest BCUT2D eigenvalue weighted by atomic mass is 10.3. The number of rotatable bonds is 2. The highest BCUT2D eigenvalue weighted by Gasteiger charge is 2.03. The zero-order valence-electron chi connectivity index (χ0n) is 8.67. The summed E-state index contributed by atoms with van der Waals surface area (Å²) < 4.78 is 0. The molecule has 0 unspecified atom stereocenters. The van der Waals surface area contributed by atoms with E-state index in [1.807, 2.05) is 6.07 Å². The highest BCUT2D eigenvalue weighted by atomic mass is 16.2. The summed E-state index contributed by atoms with van der Waals surface area (Å²) in [6.07, 6.45) is 4.62. The number of nitrogens with zero attached hydrogens (tertiary/aromatic N) is 3. The van der Waals surface area contributed by atoms with Crippen LogP contribution in [0, 0.1) is 0 Å². The van der Waals surface area contributed by atoms with Crippen LogP contribution in [-0.2, 0) is 16.0 Å². The van der Waals surface area contributed by atoms with Gasteiger partial charge < -0.3 is 0 Å². The number of hydrogen-bond acceptors (Lipinski definition) is 5. The van der Waals surface area contributed by atoms with E-state index < -0.39 is 0 Å². The van der Waals surface area contributed by atoms with Crippen molar-refractivity contribution in [2.45, 2.75) is 13.3 Å². The molecule has 6 heteroatoms. The fraction of sp³-hybridized carbons (Fsp3) is 0.200. The molecule has 0 aliphatic carbocycles. The standard InChI is InChI=1S/C9H10N4.CO2/c1-2-7-6-8(13-12-7)9-10-4-3-5-11-9;2-1-3/h3-6H,2H2,1H3,(H,12,13);. The van der Waals surface area contributed by atoms with Gasteiger partial charge in [0.05, 0.1) is 0 Å². The van der Waals surface area contributed by atoms with Gasteiger partial charge in [0.25, 0.3) is 0 Å². The summed E-state index contributed by atoms with van der Waals surface area (Å²) in [6.45, 7) is 2.07. The fourth-order valence-electron chi connectivity index (χ4n) is 1.09. The maximum atomic E-state index is 8.12. The quantitative estimate of drug-likeness (QED) is 0.807. The molecule has 2 aromatic heterocycles. The third-order valence-corrected chi connectivity index (χ3v) is 1.81. The van der Waals surface area contributed by atoms with Gasteiger partial charge in [-0.3, -0.25) is 5.10 Å². The van der Waals surface area contributed by atoms with E-state index in [0.29, 0.717) is 5.82 Å². The maximum Gasteiger partial charge on any atom is 0.373 e. The van der Waals surface area contributed by atoms with Crippen molar-refractivity contribution in [3.63, 3.8) is 0 Å². The largest absolute Gasteiger partial charge is 0.373 e. The first-order valence-corrected chi connectivity index (χ1v) is 4.62. The normalized spacial score (nSPS) is 8.81. The first kappa shape index (κ1) is 11.7. The van der Waals surface area contributed by atoms with Crippen LogP contribution in [0.2, 0.25) is 0 Å². The third kappa shape index (κ3) is 3.11. The second-order valence-corrected chi connectivity index (χ2v) is 2.79. The Morgan fingerprint density at radius 2 is 1.94 bits per heavy atom. The smallest absolute Gasteiger partial charge is 0.282 e. The second-order valence-electron chi connectivity index (χ2n) is 2.79. The lowest BCUT2D eigenvalue weighted by molar-refractivity contribution is -0.191. The van der Waals surface area contributed by atoms with Crippen LogP contribution in [0.3, 0.4) is 0 Å². The predicted octanol–water partition coefficient (Wildman–Crippen LogP) is 0.846. The molecule has 0 aromatic carbocycles. The van der Waals surface area contributed by atoms with Gasteiger partial charge in [-0.2, -0.15) is 14.7 Å². The summed E-state index contributed by atoms with van der Waals surface area (Å²) >= 11 is 0. The third-order valence-electron chi connectivity index (χ3n) is 1.81. The van der Waals surface area contributed by atoms with Crippen LogP contribution in [-0.4, -0.2) is 26.3 Å². The van der Waals surface area contributed by atoms with Crippen LogP contribution in [0.15, 0.2) is 24.5 Å². The Labute approximate surface area is 91.7 Å². The Balaban J connectivity index is 0.000000386. The van der Waals surface area contributed by atoms with Crippen molar-refractivity contribution in [2.24, 2.45) is 0 Å². The summed E-state index contributed by atoms with van der Waals surface area (Å²) in [6, 6.07) is 3.76. The molecule has 0 saturated heterocycles. The molecule has 2 rings (SSSR count). The van der Waals surface area contributed by atoms with E-state index >= 15 is 0 Å². The molecule has 0 aliphatic heterocycles. The molecule has 82 valence electrons. The highest BCUT2D eigenvalue weighted by molar-refractivity contribution is 5.48. The van der Waals surface area contributed by atoms with Crippen molar-refractivity contribution in [1.29, 1.82) is 0 Å². The Morgan fingerprint density at radius 3 is 2.44 bits per heavy atom. The fourth-order valence-corrected chi connectivity index (χ4v) is 1.09. The minimum atomic E-state index is 0.250. The molecule has 0 radical (unpaired) electrons. The monoisotopic (exact) mass is 218 g/mol. The molecule has 0 fully saturated rings. The number of aromatic nitrogens is 4. The molecule has 0 bridgehead atoms. The van der Waals surface area contributed by atoms with Gasteiger partial charge in [-0.1, -0.05) is 6.92 Å². The summed E-state index contributed by atoms with van der Waals surface area (Å²) in [5.41, 5.74) is 1.90. The second kappa shape index (κ2) is 6.21. The molecule has 2 heterocycles. The van der Waals surface area contributed by atoms with Crippen molar-refractivity contribution in [3.8, 4) is 11.5 Å². The maximum absolute atomic E-state index is 8.12. The Bertz CT molecular complexity index is 461. The van der Waals surface area contributed by atoms with Crippen molar-refractivity contribution in [1.82, 2.24) is 20.2 Å². The number of aromatic amines is 1. The Kier molecular flexibility index (Phi) is 4.56. The molecule has 0 aliphatic rings. The Morgan fingerprint density at radius 1 is 1.31 bits per heavy atom. The molecule has 16 heavy (non-hydrogen) atoms. The van der Waals surface area contributed by atoms with E-state index in [4.69, 9.17) is 9.59 Å². The summed E-state index contributed by atoms with van der Waals surface area (Å²) in [5.74, 6) is 0.665. The molecule has 1 N–H and O–H groups in total. The van der Waals surface area contributed by atoms with Gasteiger partial charge in [-0.25, -0.2) is 9.97 Å². The highest BCUT2D eigenvalue weighted by Crippen LogP contribution is 2.11. The Hall–Kier alpha value is -2.33. The lowest BCUT2D eigenvalue weighted by Gasteiger charge is -1.90. The first-order chi connectivity index (χ1) is 7.81. The van der Waals surface area contributed by atoms with E-state index in [9.17, 15) is 0 Å². The number of hydrogen-bond donors (Lipinski definition) is 1. The van der Waals surface area contributed by atoms with Crippen LogP contribution in [0.5, 0.6) is 0 Å². The minimum Gasteiger partial charge on any atom is -0.282 e. The number of carbonyl (C=O) groups excluding carboxylic acids is 2. The molecule has 0 amide bonds. The van der Waals surface area contributed by atoms with Gasteiger partial charge in [0.2, 0.25) is 0 Å². The molecule has 2 aromatic rings. The van der Waals surface area contributed by atoms with E-state index in [1.54, 1.807) is 18.5 Å². The van der Waals surface area contributed by atoms with E-state index in [1.165, 1.54) is 0 Å². The number of aryl methyl sites for hydroxylation is 1. The van der Waals surface area contributed by atoms with Crippen molar-refractivity contribution < 1.29 is 9.59 Å². The first-order valence-electron chi connectivity index (χ1n) is 4.62. The van der Waals surface area contributed by atoms with Crippen LogP contribution in [0.1, 0.15) is 12.6 Å². The van der Waals surface area contributed by atoms with Crippen LogP contribution in [0.25, 0.3) is 11.5 Å².